The molecule has 0 aromatic carbocycles. The maximum Gasteiger partial charge on any atom is 0.307 e. The third kappa shape index (κ3) is 11.1. The summed E-state index contributed by atoms with van der Waals surface area (Å²) in [4.78, 5) is 22.6. The van der Waals surface area contributed by atoms with Gasteiger partial charge in [0.15, 0.2) is 6.10 Å². The normalized spacial score (nSPS) is 11.8. The Labute approximate surface area is 115 Å². The number of esters is 2. The van der Waals surface area contributed by atoms with Crippen molar-refractivity contribution in [2.75, 3.05) is 6.61 Å². The molecule has 0 aliphatic carbocycles. The highest BCUT2D eigenvalue weighted by Gasteiger charge is 2.09. The number of terminal acetylenes is 1. The lowest BCUT2D eigenvalue weighted by Crippen LogP contribution is -2.13. The molecule has 0 aliphatic rings. The van der Waals surface area contributed by atoms with Crippen LogP contribution in [-0.4, -0.2) is 24.6 Å². The second kappa shape index (κ2) is 11.3. The van der Waals surface area contributed by atoms with Gasteiger partial charge in [0.25, 0.3) is 0 Å². The molecule has 0 heterocycles. The van der Waals surface area contributed by atoms with E-state index in [2.05, 4.69) is 5.92 Å². The van der Waals surface area contributed by atoms with E-state index in [0.717, 1.165) is 12.8 Å². The summed E-state index contributed by atoms with van der Waals surface area (Å²) in [6.07, 6.45) is 11.1. The molecule has 0 bridgehead atoms. The van der Waals surface area contributed by atoms with Crippen molar-refractivity contribution in [3.63, 3.8) is 0 Å². The number of hydrogen-bond acceptors (Lipinski definition) is 4. The molecular weight excluding hydrogens is 244 g/mol. The number of ether oxygens (including phenoxy) is 2. The van der Waals surface area contributed by atoms with Crippen LogP contribution in [0.4, 0.5) is 0 Å². The molecule has 0 aromatic rings. The van der Waals surface area contributed by atoms with Crippen molar-refractivity contribution in [1.82, 2.24) is 0 Å². The molecule has 0 N–H and O–H groups in total. The van der Waals surface area contributed by atoms with E-state index in [0.29, 0.717) is 13.0 Å². The number of unbranched alkanes of at least 4 members (excludes halogenated alkanes) is 1. The molecule has 1 atom stereocenters. The van der Waals surface area contributed by atoms with Gasteiger partial charge < -0.3 is 9.47 Å². The molecule has 0 fully saturated rings. The Morgan fingerprint density at radius 3 is 2.58 bits per heavy atom. The monoisotopic (exact) mass is 266 g/mol. The van der Waals surface area contributed by atoms with Gasteiger partial charge in [-0.2, -0.15) is 0 Å². The molecule has 0 saturated carbocycles. The number of carbonyl (C=O) groups excluding carboxylic acids is 2. The van der Waals surface area contributed by atoms with Gasteiger partial charge in [-0.15, -0.1) is 6.42 Å². The minimum Gasteiger partial charge on any atom is -0.466 e. The van der Waals surface area contributed by atoms with Crippen LogP contribution in [0.2, 0.25) is 0 Å². The van der Waals surface area contributed by atoms with E-state index in [1.807, 2.05) is 19.1 Å². The predicted molar refractivity (Wildman–Crippen MR) is 73.2 cm³/mol. The third-order valence-electron chi connectivity index (χ3n) is 2.32. The fourth-order valence-electron chi connectivity index (χ4n) is 1.29. The van der Waals surface area contributed by atoms with Crippen LogP contribution in [0.25, 0.3) is 0 Å². The van der Waals surface area contributed by atoms with Crippen molar-refractivity contribution in [1.29, 1.82) is 0 Å². The van der Waals surface area contributed by atoms with Crippen LogP contribution in [0, 0.1) is 12.3 Å². The summed E-state index contributed by atoms with van der Waals surface area (Å²) < 4.78 is 9.89. The smallest absolute Gasteiger partial charge is 0.307 e. The Balaban J connectivity index is 3.53. The Morgan fingerprint density at radius 2 is 1.95 bits per heavy atom. The van der Waals surface area contributed by atoms with Crippen LogP contribution < -0.4 is 0 Å². The average Bonchev–Trinajstić information content (AvgIpc) is 2.38. The molecule has 1 unspecified atom stereocenters. The maximum absolute atomic E-state index is 11.3. The molecule has 4 nitrogen and oxygen atoms in total. The predicted octanol–water partition coefficient (Wildman–Crippen LogP) is 2.62. The Hall–Kier alpha value is -1.76. The van der Waals surface area contributed by atoms with Gasteiger partial charge in [-0.25, -0.2) is 0 Å². The molecule has 19 heavy (non-hydrogen) atoms. The molecule has 0 rings (SSSR count). The highest BCUT2D eigenvalue weighted by Crippen LogP contribution is 2.02. The van der Waals surface area contributed by atoms with Crippen LogP contribution in [-0.2, 0) is 19.1 Å². The highest BCUT2D eigenvalue weighted by molar-refractivity contribution is 5.72. The first-order chi connectivity index (χ1) is 9.10. The van der Waals surface area contributed by atoms with E-state index in [1.165, 1.54) is 0 Å². The number of allylic oxidation sites excluding steroid dienone is 2. The fourth-order valence-corrected chi connectivity index (χ4v) is 1.29. The first kappa shape index (κ1) is 17.2. The summed E-state index contributed by atoms with van der Waals surface area (Å²) in [5, 5.41) is 0. The van der Waals surface area contributed by atoms with E-state index >= 15 is 0 Å². The second-order valence-electron chi connectivity index (χ2n) is 4.08. The van der Waals surface area contributed by atoms with Crippen LogP contribution in [0.15, 0.2) is 12.2 Å². The summed E-state index contributed by atoms with van der Waals surface area (Å²) >= 11 is 0. The minimum absolute atomic E-state index is 0.180. The van der Waals surface area contributed by atoms with Crippen LogP contribution >= 0.6 is 0 Å². The van der Waals surface area contributed by atoms with E-state index < -0.39 is 6.10 Å². The zero-order valence-electron chi connectivity index (χ0n) is 11.7. The average molecular weight is 266 g/mol. The molecule has 4 heteroatoms. The molecular formula is C15H22O4. The zero-order valence-corrected chi connectivity index (χ0v) is 11.7. The molecule has 0 aromatic heterocycles. The maximum atomic E-state index is 11.3. The van der Waals surface area contributed by atoms with Gasteiger partial charge in [-0.05, 0) is 33.1 Å². The lowest BCUT2D eigenvalue weighted by atomic mass is 10.2. The topological polar surface area (TPSA) is 52.6 Å². The van der Waals surface area contributed by atoms with Crippen molar-refractivity contribution in [3.8, 4) is 12.3 Å². The summed E-state index contributed by atoms with van der Waals surface area (Å²) in [5.74, 6) is 1.64. The van der Waals surface area contributed by atoms with E-state index in [-0.39, 0.29) is 24.8 Å². The number of hydrogen-bond donors (Lipinski definition) is 0. The van der Waals surface area contributed by atoms with Crippen molar-refractivity contribution in [3.05, 3.63) is 12.2 Å². The molecule has 0 amide bonds. The van der Waals surface area contributed by atoms with Gasteiger partial charge >= 0.3 is 11.9 Å². The van der Waals surface area contributed by atoms with Crippen molar-refractivity contribution in [2.45, 2.75) is 52.1 Å². The lowest BCUT2D eigenvalue weighted by molar-refractivity contribution is -0.146. The largest absolute Gasteiger partial charge is 0.466 e. The Kier molecular flexibility index (Phi) is 10.3. The fraction of sp³-hybridized carbons (Fsp3) is 0.600. The first-order valence-electron chi connectivity index (χ1n) is 6.52. The SMILES string of the molecule is C#CC(C)OC(=O)CCCC(=O)OCCC/C=C/C. The summed E-state index contributed by atoms with van der Waals surface area (Å²) in [5.41, 5.74) is 0. The van der Waals surface area contributed by atoms with Gasteiger partial charge in [0.2, 0.25) is 0 Å². The Morgan fingerprint density at radius 1 is 1.26 bits per heavy atom. The van der Waals surface area contributed by atoms with Gasteiger partial charge in [-0.1, -0.05) is 18.1 Å². The van der Waals surface area contributed by atoms with E-state index in [4.69, 9.17) is 15.9 Å². The van der Waals surface area contributed by atoms with Gasteiger partial charge in [0.1, 0.15) is 0 Å². The van der Waals surface area contributed by atoms with Crippen molar-refractivity contribution >= 4 is 11.9 Å². The van der Waals surface area contributed by atoms with Gasteiger partial charge in [0, 0.05) is 12.8 Å². The van der Waals surface area contributed by atoms with E-state index in [1.54, 1.807) is 6.92 Å². The lowest BCUT2D eigenvalue weighted by Gasteiger charge is -2.07. The second-order valence-corrected chi connectivity index (χ2v) is 4.08. The quantitative estimate of drug-likeness (QED) is 0.278. The highest BCUT2D eigenvalue weighted by atomic mass is 16.5. The number of rotatable bonds is 9. The van der Waals surface area contributed by atoms with Crippen molar-refractivity contribution in [2.24, 2.45) is 0 Å². The molecule has 0 aliphatic heterocycles. The molecule has 0 spiro atoms. The molecule has 0 saturated heterocycles. The standard InChI is InChI=1S/C15H22O4/c1-4-6-7-8-12-18-14(16)10-9-11-15(17)19-13(3)5-2/h2,4,6,13H,7-12H2,1,3H3/b6-4+. The Bertz CT molecular complexity index is 339. The zero-order chi connectivity index (χ0) is 14.5. The summed E-state index contributed by atoms with van der Waals surface area (Å²) in [6, 6.07) is 0. The van der Waals surface area contributed by atoms with Crippen LogP contribution in [0.5, 0.6) is 0 Å². The van der Waals surface area contributed by atoms with Crippen molar-refractivity contribution < 1.29 is 19.1 Å². The number of carbonyl (C=O) groups is 2. The third-order valence-corrected chi connectivity index (χ3v) is 2.32. The summed E-state index contributed by atoms with van der Waals surface area (Å²) in [6.45, 7) is 3.99. The van der Waals surface area contributed by atoms with Crippen LogP contribution in [0.1, 0.15) is 46.0 Å². The van der Waals surface area contributed by atoms with Gasteiger partial charge in [-0.3, -0.25) is 9.59 Å². The minimum atomic E-state index is -0.522. The van der Waals surface area contributed by atoms with Gasteiger partial charge in [0.05, 0.1) is 6.61 Å². The summed E-state index contributed by atoms with van der Waals surface area (Å²) in [7, 11) is 0. The van der Waals surface area contributed by atoms with E-state index in [9.17, 15) is 9.59 Å². The molecule has 0 radical (unpaired) electrons. The molecule has 106 valence electrons. The first-order valence-corrected chi connectivity index (χ1v) is 6.52. The van der Waals surface area contributed by atoms with Crippen LogP contribution in [0.3, 0.4) is 0 Å².